The van der Waals surface area contributed by atoms with E-state index in [4.69, 9.17) is 0 Å². The van der Waals surface area contributed by atoms with Crippen molar-refractivity contribution in [2.24, 2.45) is 5.92 Å². The molecule has 0 aromatic carbocycles. The Morgan fingerprint density at radius 1 is 1.55 bits per heavy atom. The molecule has 1 saturated heterocycles. The van der Waals surface area contributed by atoms with Crippen LogP contribution in [-0.2, 0) is 4.79 Å². The molecule has 2 atom stereocenters. The monoisotopic (exact) mass is 156 g/mol. The van der Waals surface area contributed by atoms with Crippen LogP contribution >= 0.6 is 0 Å². The molecule has 2 unspecified atom stereocenters. The first-order chi connectivity index (χ1) is 5.12. The lowest BCUT2D eigenvalue weighted by Crippen LogP contribution is -2.71. The minimum absolute atomic E-state index is 0.373. The quantitative estimate of drug-likeness (QED) is 0.417. The Labute approximate surface area is 62.8 Å². The molecule has 1 saturated carbocycles. The zero-order valence-corrected chi connectivity index (χ0v) is 5.76. The summed E-state index contributed by atoms with van der Waals surface area (Å²) in [4.78, 5) is 21.6. The second-order valence-electron chi connectivity index (χ2n) is 2.96. The maximum Gasteiger partial charge on any atom is 0.323 e. The summed E-state index contributed by atoms with van der Waals surface area (Å²) in [7, 11) is 0. The van der Waals surface area contributed by atoms with Crippen molar-refractivity contribution >= 4 is 11.9 Å². The van der Waals surface area contributed by atoms with Crippen molar-refractivity contribution in [3.05, 3.63) is 0 Å². The number of urea groups is 1. The van der Waals surface area contributed by atoms with E-state index in [9.17, 15) is 14.7 Å². The first-order valence-corrected chi connectivity index (χ1v) is 3.47. The van der Waals surface area contributed by atoms with Crippen LogP contribution in [0.15, 0.2) is 0 Å². The normalized spacial score (nSPS) is 41.7. The van der Waals surface area contributed by atoms with Crippen molar-refractivity contribution in [1.29, 1.82) is 0 Å². The number of carbonyl (C=O) groups excluding carboxylic acids is 2. The van der Waals surface area contributed by atoms with Crippen LogP contribution in [0.1, 0.15) is 12.8 Å². The van der Waals surface area contributed by atoms with Crippen LogP contribution in [0.4, 0.5) is 4.79 Å². The van der Waals surface area contributed by atoms with Crippen LogP contribution in [0.25, 0.3) is 0 Å². The van der Waals surface area contributed by atoms with Gasteiger partial charge in [0.05, 0.1) is 5.92 Å². The van der Waals surface area contributed by atoms with Gasteiger partial charge >= 0.3 is 6.03 Å². The second-order valence-corrected chi connectivity index (χ2v) is 2.96. The van der Waals surface area contributed by atoms with Gasteiger partial charge in [-0.05, 0) is 12.8 Å². The fourth-order valence-electron chi connectivity index (χ4n) is 1.49. The van der Waals surface area contributed by atoms with E-state index >= 15 is 0 Å². The molecule has 0 bridgehead atoms. The molecule has 2 fully saturated rings. The van der Waals surface area contributed by atoms with Crippen molar-refractivity contribution in [2.75, 3.05) is 0 Å². The molecular formula is C6H8N2O3. The van der Waals surface area contributed by atoms with Gasteiger partial charge in [-0.2, -0.15) is 0 Å². The van der Waals surface area contributed by atoms with Crippen molar-refractivity contribution in [2.45, 2.75) is 18.6 Å². The van der Waals surface area contributed by atoms with Gasteiger partial charge in [0.15, 0.2) is 5.72 Å². The smallest absolute Gasteiger partial charge is 0.323 e. The van der Waals surface area contributed by atoms with Gasteiger partial charge in [-0.25, -0.2) is 4.79 Å². The Balaban J connectivity index is 2.23. The Bertz CT molecular complexity index is 240. The number of hydrogen-bond acceptors (Lipinski definition) is 3. The van der Waals surface area contributed by atoms with E-state index < -0.39 is 17.7 Å². The summed E-state index contributed by atoms with van der Waals surface area (Å²) in [6.07, 6.45) is 1.11. The van der Waals surface area contributed by atoms with Crippen LogP contribution in [0.2, 0.25) is 0 Å². The maximum atomic E-state index is 10.9. The molecule has 1 aliphatic carbocycles. The molecule has 11 heavy (non-hydrogen) atoms. The highest BCUT2D eigenvalue weighted by molar-refractivity contribution is 5.99. The Hall–Kier alpha value is -1.10. The van der Waals surface area contributed by atoms with Crippen molar-refractivity contribution < 1.29 is 14.7 Å². The summed E-state index contributed by atoms with van der Waals surface area (Å²) in [6.45, 7) is 0. The number of hydrogen-bond donors (Lipinski definition) is 3. The molecule has 0 aromatic rings. The first kappa shape index (κ1) is 6.60. The molecule has 0 spiro atoms. The van der Waals surface area contributed by atoms with Gasteiger partial charge in [0, 0.05) is 0 Å². The van der Waals surface area contributed by atoms with Gasteiger partial charge in [-0.3, -0.25) is 10.1 Å². The van der Waals surface area contributed by atoms with Crippen molar-refractivity contribution in [3.63, 3.8) is 0 Å². The van der Waals surface area contributed by atoms with Gasteiger partial charge < -0.3 is 10.4 Å². The van der Waals surface area contributed by atoms with Gasteiger partial charge in [0.25, 0.3) is 0 Å². The third-order valence-corrected chi connectivity index (χ3v) is 2.27. The van der Waals surface area contributed by atoms with E-state index in [2.05, 4.69) is 10.6 Å². The van der Waals surface area contributed by atoms with Crippen LogP contribution < -0.4 is 10.6 Å². The zero-order valence-electron chi connectivity index (χ0n) is 5.76. The number of amides is 3. The highest BCUT2D eigenvalue weighted by atomic mass is 16.3. The Morgan fingerprint density at radius 2 is 2.27 bits per heavy atom. The van der Waals surface area contributed by atoms with Gasteiger partial charge in [0.1, 0.15) is 0 Å². The fraction of sp³-hybridized carbons (Fsp3) is 0.667. The van der Waals surface area contributed by atoms with E-state index in [0.717, 1.165) is 0 Å². The first-order valence-electron chi connectivity index (χ1n) is 3.47. The average molecular weight is 156 g/mol. The predicted octanol–water partition coefficient (Wildman–Crippen LogP) is -1.08. The number of carbonyl (C=O) groups is 2. The number of nitrogens with one attached hydrogen (secondary N) is 2. The summed E-state index contributed by atoms with van der Waals surface area (Å²) >= 11 is 0. The van der Waals surface area contributed by atoms with Crippen molar-refractivity contribution in [1.82, 2.24) is 10.6 Å². The van der Waals surface area contributed by atoms with Crippen LogP contribution in [0.5, 0.6) is 0 Å². The molecule has 3 amide bonds. The lowest BCUT2D eigenvalue weighted by atomic mass is 9.74. The Morgan fingerprint density at radius 3 is 2.73 bits per heavy atom. The van der Waals surface area contributed by atoms with E-state index in [1.54, 1.807) is 0 Å². The molecule has 5 nitrogen and oxygen atoms in total. The van der Waals surface area contributed by atoms with E-state index in [0.29, 0.717) is 12.8 Å². The second kappa shape index (κ2) is 1.73. The molecular weight excluding hydrogens is 148 g/mol. The molecule has 1 aliphatic heterocycles. The maximum absolute atomic E-state index is 10.9. The van der Waals surface area contributed by atoms with Crippen LogP contribution in [0, 0.1) is 5.92 Å². The van der Waals surface area contributed by atoms with E-state index in [1.807, 2.05) is 0 Å². The number of fused-ring (bicyclic) bond motifs is 1. The standard InChI is InChI=1S/C6H8N2O3/c9-4-3-1-2-6(3,11)8-5(10)7-4/h3,11H,1-2H2,(H2,7,8,9,10). The molecule has 2 aliphatic rings. The fourth-order valence-corrected chi connectivity index (χ4v) is 1.49. The average Bonchev–Trinajstić information content (AvgIpc) is 1.81. The lowest BCUT2D eigenvalue weighted by molar-refractivity contribution is -0.158. The molecule has 3 N–H and O–H groups in total. The largest absolute Gasteiger partial charge is 0.370 e. The summed E-state index contributed by atoms with van der Waals surface area (Å²) < 4.78 is 0. The predicted molar refractivity (Wildman–Crippen MR) is 34.3 cm³/mol. The number of rotatable bonds is 0. The summed E-state index contributed by atoms with van der Waals surface area (Å²) in [5, 5.41) is 13.9. The molecule has 0 radical (unpaired) electrons. The highest BCUT2D eigenvalue weighted by Crippen LogP contribution is 2.37. The SMILES string of the molecule is O=C1NC(=O)C2CCC2(O)N1. The van der Waals surface area contributed by atoms with E-state index in [-0.39, 0.29) is 5.91 Å². The summed E-state index contributed by atoms with van der Waals surface area (Å²) in [5.74, 6) is -0.817. The van der Waals surface area contributed by atoms with Crippen LogP contribution in [0.3, 0.4) is 0 Å². The van der Waals surface area contributed by atoms with Gasteiger partial charge in [-0.15, -0.1) is 0 Å². The molecule has 1 heterocycles. The molecule has 60 valence electrons. The minimum atomic E-state index is -1.25. The minimum Gasteiger partial charge on any atom is -0.370 e. The topological polar surface area (TPSA) is 78.4 Å². The van der Waals surface area contributed by atoms with Crippen molar-refractivity contribution in [3.8, 4) is 0 Å². The zero-order chi connectivity index (χ0) is 8.06. The van der Waals surface area contributed by atoms with E-state index in [1.165, 1.54) is 0 Å². The molecule has 0 aromatic heterocycles. The highest BCUT2D eigenvalue weighted by Gasteiger charge is 2.53. The van der Waals surface area contributed by atoms with Crippen LogP contribution in [-0.4, -0.2) is 22.8 Å². The third-order valence-electron chi connectivity index (χ3n) is 2.27. The number of imide groups is 1. The summed E-state index contributed by atoms with van der Waals surface area (Å²) in [5.41, 5.74) is -1.25. The van der Waals surface area contributed by atoms with Gasteiger partial charge in [0.2, 0.25) is 5.91 Å². The summed E-state index contributed by atoms with van der Waals surface area (Å²) in [6, 6.07) is -0.603. The Kier molecular flexibility index (Phi) is 1.04. The lowest BCUT2D eigenvalue weighted by Gasteiger charge is -2.47. The molecule has 5 heteroatoms. The number of aliphatic hydroxyl groups is 1. The molecule has 2 rings (SSSR count). The third kappa shape index (κ3) is 0.742. The van der Waals surface area contributed by atoms with Gasteiger partial charge in [-0.1, -0.05) is 0 Å².